The molecule has 2 fully saturated rings. The number of amides is 4. The minimum absolute atomic E-state index is 0.0619. The molecule has 8 nitrogen and oxygen atoms in total. The zero-order chi connectivity index (χ0) is 24.9. The van der Waals surface area contributed by atoms with Gasteiger partial charge in [-0.3, -0.25) is 9.59 Å². The number of carbonyl (C=O) groups excluding carboxylic acids is 3. The second-order valence-electron chi connectivity index (χ2n) is 9.17. The molecule has 4 unspecified atom stereocenters. The zero-order valence-electron chi connectivity index (χ0n) is 19.9. The van der Waals surface area contributed by atoms with E-state index in [9.17, 15) is 14.4 Å². The highest BCUT2D eigenvalue weighted by Crippen LogP contribution is 2.27. The van der Waals surface area contributed by atoms with Gasteiger partial charge < -0.3 is 25.6 Å². The summed E-state index contributed by atoms with van der Waals surface area (Å²) < 4.78 is 6.15. The molecule has 2 aromatic rings. The van der Waals surface area contributed by atoms with Crippen LogP contribution >= 0.6 is 11.6 Å². The molecule has 2 aliphatic rings. The van der Waals surface area contributed by atoms with Crippen LogP contribution in [0.25, 0.3) is 0 Å². The summed E-state index contributed by atoms with van der Waals surface area (Å²) in [4.78, 5) is 39.9. The molecule has 2 aliphatic heterocycles. The summed E-state index contributed by atoms with van der Waals surface area (Å²) in [5.41, 5.74) is 2.35. The monoisotopic (exact) mass is 498 g/mol. The number of hydrogen-bond donors (Lipinski definition) is 3. The normalized spacial score (nSPS) is 23.7. The molecule has 2 saturated heterocycles. The smallest absolute Gasteiger partial charge is 0.322 e. The van der Waals surface area contributed by atoms with Crippen molar-refractivity contribution in [2.45, 2.75) is 38.8 Å². The molecule has 35 heavy (non-hydrogen) atoms. The SMILES string of the molecule is CCC1C(=O)NCC1COC1CC(C(=O)Nc2ccc(C)cc2)N(C(=O)Nc2ccc(Cl)cc2)C1. The van der Waals surface area contributed by atoms with Crippen molar-refractivity contribution in [1.82, 2.24) is 10.2 Å². The van der Waals surface area contributed by atoms with Crippen LogP contribution in [0.3, 0.4) is 0 Å². The summed E-state index contributed by atoms with van der Waals surface area (Å²) in [6, 6.07) is 13.2. The Morgan fingerprint density at radius 3 is 2.43 bits per heavy atom. The first-order valence-electron chi connectivity index (χ1n) is 11.9. The first kappa shape index (κ1) is 25.0. The van der Waals surface area contributed by atoms with Crippen LogP contribution < -0.4 is 16.0 Å². The molecule has 0 spiro atoms. The highest BCUT2D eigenvalue weighted by molar-refractivity contribution is 6.30. The summed E-state index contributed by atoms with van der Waals surface area (Å²) in [6.07, 6.45) is 0.811. The van der Waals surface area contributed by atoms with Gasteiger partial charge in [-0.2, -0.15) is 0 Å². The Bertz CT molecular complexity index is 993. The molecular weight excluding hydrogens is 468 g/mol. The second kappa shape index (κ2) is 11.1. The molecule has 2 aromatic carbocycles. The number of benzene rings is 2. The number of aryl methyl sites for hydroxylation is 1. The Hall–Kier alpha value is -3.10. The largest absolute Gasteiger partial charge is 0.376 e. The molecule has 2 heterocycles. The third-order valence-electron chi connectivity index (χ3n) is 6.67. The van der Waals surface area contributed by atoms with Gasteiger partial charge in [0, 0.05) is 47.7 Å². The topological polar surface area (TPSA) is 99.8 Å². The van der Waals surface area contributed by atoms with Gasteiger partial charge in [0.15, 0.2) is 0 Å². The van der Waals surface area contributed by atoms with Gasteiger partial charge in [0.2, 0.25) is 11.8 Å². The van der Waals surface area contributed by atoms with Gasteiger partial charge in [0.05, 0.1) is 12.7 Å². The average molecular weight is 499 g/mol. The lowest BCUT2D eigenvalue weighted by Gasteiger charge is -2.24. The Kier molecular flexibility index (Phi) is 7.93. The minimum Gasteiger partial charge on any atom is -0.376 e. The van der Waals surface area contributed by atoms with Crippen molar-refractivity contribution in [2.75, 3.05) is 30.3 Å². The van der Waals surface area contributed by atoms with Crippen molar-refractivity contribution in [2.24, 2.45) is 11.8 Å². The number of carbonyl (C=O) groups is 3. The number of anilines is 2. The number of nitrogens with one attached hydrogen (secondary N) is 3. The molecule has 186 valence electrons. The number of likely N-dealkylation sites (tertiary alicyclic amines) is 1. The zero-order valence-corrected chi connectivity index (χ0v) is 20.7. The Balaban J connectivity index is 1.44. The van der Waals surface area contributed by atoms with Gasteiger partial charge in [-0.15, -0.1) is 0 Å². The lowest BCUT2D eigenvalue weighted by atomic mass is 9.94. The van der Waals surface area contributed by atoms with E-state index in [0.29, 0.717) is 36.0 Å². The molecule has 0 aliphatic carbocycles. The number of hydrogen-bond acceptors (Lipinski definition) is 4. The van der Waals surface area contributed by atoms with E-state index in [1.807, 2.05) is 38.1 Å². The molecule has 4 rings (SSSR count). The number of halogens is 1. The fraction of sp³-hybridized carbons (Fsp3) is 0.423. The number of urea groups is 1. The Labute approximate surface area is 210 Å². The van der Waals surface area contributed by atoms with Crippen LogP contribution in [-0.4, -0.2) is 54.6 Å². The fourth-order valence-electron chi connectivity index (χ4n) is 4.65. The van der Waals surface area contributed by atoms with Crippen molar-refractivity contribution >= 4 is 40.8 Å². The van der Waals surface area contributed by atoms with Crippen molar-refractivity contribution in [3.63, 3.8) is 0 Å². The first-order valence-corrected chi connectivity index (χ1v) is 12.3. The average Bonchev–Trinajstić information content (AvgIpc) is 3.44. The molecule has 0 bridgehead atoms. The van der Waals surface area contributed by atoms with E-state index in [0.717, 1.165) is 12.0 Å². The van der Waals surface area contributed by atoms with Crippen LogP contribution in [0.15, 0.2) is 48.5 Å². The van der Waals surface area contributed by atoms with E-state index < -0.39 is 6.04 Å². The van der Waals surface area contributed by atoms with E-state index >= 15 is 0 Å². The first-order chi connectivity index (χ1) is 16.8. The summed E-state index contributed by atoms with van der Waals surface area (Å²) in [6.45, 7) is 5.23. The maximum absolute atomic E-state index is 13.2. The highest BCUT2D eigenvalue weighted by atomic mass is 35.5. The molecule has 0 aromatic heterocycles. The van der Waals surface area contributed by atoms with E-state index in [-0.39, 0.29) is 42.3 Å². The van der Waals surface area contributed by atoms with Crippen LogP contribution in [0.5, 0.6) is 0 Å². The second-order valence-corrected chi connectivity index (χ2v) is 9.61. The van der Waals surface area contributed by atoms with E-state index in [4.69, 9.17) is 16.3 Å². The summed E-state index contributed by atoms with van der Waals surface area (Å²) in [5, 5.41) is 9.23. The molecule has 3 N–H and O–H groups in total. The van der Waals surface area contributed by atoms with E-state index in [1.165, 1.54) is 4.90 Å². The van der Waals surface area contributed by atoms with Gasteiger partial charge in [0.25, 0.3) is 0 Å². The fourth-order valence-corrected chi connectivity index (χ4v) is 4.78. The van der Waals surface area contributed by atoms with Crippen molar-refractivity contribution in [3.05, 3.63) is 59.1 Å². The summed E-state index contributed by atoms with van der Waals surface area (Å²) in [7, 11) is 0. The van der Waals surface area contributed by atoms with Crippen molar-refractivity contribution in [3.8, 4) is 0 Å². The third-order valence-corrected chi connectivity index (χ3v) is 6.92. The molecule has 0 saturated carbocycles. The quantitative estimate of drug-likeness (QED) is 0.536. The van der Waals surface area contributed by atoms with Gasteiger partial charge in [-0.25, -0.2) is 4.79 Å². The molecule has 9 heteroatoms. The van der Waals surface area contributed by atoms with Crippen LogP contribution in [-0.2, 0) is 14.3 Å². The summed E-state index contributed by atoms with van der Waals surface area (Å²) >= 11 is 5.95. The maximum Gasteiger partial charge on any atom is 0.322 e. The van der Waals surface area contributed by atoms with Gasteiger partial charge in [-0.05, 0) is 49.7 Å². The van der Waals surface area contributed by atoms with Crippen LogP contribution in [0, 0.1) is 18.8 Å². The summed E-state index contributed by atoms with van der Waals surface area (Å²) in [5.74, 6) is -0.187. The van der Waals surface area contributed by atoms with Crippen molar-refractivity contribution in [1.29, 1.82) is 0 Å². The minimum atomic E-state index is -0.695. The number of nitrogens with zero attached hydrogens (tertiary/aromatic N) is 1. The van der Waals surface area contributed by atoms with Gasteiger partial charge >= 0.3 is 6.03 Å². The van der Waals surface area contributed by atoms with Gasteiger partial charge in [0.1, 0.15) is 6.04 Å². The van der Waals surface area contributed by atoms with E-state index in [2.05, 4.69) is 16.0 Å². The van der Waals surface area contributed by atoms with E-state index in [1.54, 1.807) is 24.3 Å². The predicted molar refractivity (Wildman–Crippen MR) is 135 cm³/mol. The molecule has 4 amide bonds. The highest BCUT2D eigenvalue weighted by Gasteiger charge is 2.41. The Morgan fingerprint density at radius 2 is 1.74 bits per heavy atom. The Morgan fingerprint density at radius 1 is 1.09 bits per heavy atom. The number of ether oxygens (including phenoxy) is 1. The lowest BCUT2D eigenvalue weighted by Crippen LogP contribution is -2.45. The molecule has 0 radical (unpaired) electrons. The van der Waals surface area contributed by atoms with Gasteiger partial charge in [-0.1, -0.05) is 36.2 Å². The van der Waals surface area contributed by atoms with Crippen LogP contribution in [0.4, 0.5) is 16.2 Å². The predicted octanol–water partition coefficient (Wildman–Crippen LogP) is 4.05. The molecular formula is C26H31ClN4O4. The lowest BCUT2D eigenvalue weighted by molar-refractivity contribution is -0.123. The van der Waals surface area contributed by atoms with Crippen LogP contribution in [0.1, 0.15) is 25.3 Å². The maximum atomic E-state index is 13.2. The van der Waals surface area contributed by atoms with Crippen molar-refractivity contribution < 1.29 is 19.1 Å². The third kappa shape index (κ3) is 6.13. The molecule has 4 atom stereocenters. The van der Waals surface area contributed by atoms with Crippen LogP contribution in [0.2, 0.25) is 5.02 Å². The standard InChI is InChI=1S/C26H31ClN4O4/c1-3-22-17(13-28-24(22)32)15-35-21-12-23(25(33)29-19-8-4-16(2)5-9-19)31(14-21)26(34)30-20-10-6-18(27)7-11-20/h4-11,17,21-23H,3,12-15H2,1-2H3,(H,28,32)(H,29,33)(H,30,34). The number of rotatable bonds is 7.